The monoisotopic (exact) mass is 387 g/mol. The van der Waals surface area contributed by atoms with Crippen LogP contribution in [0.25, 0.3) is 0 Å². The number of imidazole rings is 1. The third kappa shape index (κ3) is 4.24. The van der Waals surface area contributed by atoms with E-state index in [0.29, 0.717) is 18.1 Å². The smallest absolute Gasteiger partial charge is 0.274 e. The van der Waals surface area contributed by atoms with Crippen LogP contribution in [0, 0.1) is 5.92 Å². The van der Waals surface area contributed by atoms with Crippen LogP contribution in [0.3, 0.4) is 0 Å². The van der Waals surface area contributed by atoms with Crippen LogP contribution in [0.15, 0.2) is 12.5 Å². The van der Waals surface area contributed by atoms with Gasteiger partial charge in [-0.15, -0.1) is 0 Å². The number of hydrogen-bond acceptors (Lipinski definition) is 4. The molecule has 0 unspecified atom stereocenters. The zero-order valence-corrected chi connectivity index (χ0v) is 17.1. The number of nitrogens with zero attached hydrogens (tertiary/aromatic N) is 5. The van der Waals surface area contributed by atoms with Crippen molar-refractivity contribution in [2.45, 2.75) is 51.0 Å². The van der Waals surface area contributed by atoms with Gasteiger partial charge in [0, 0.05) is 51.4 Å². The van der Waals surface area contributed by atoms with Gasteiger partial charge in [-0.1, -0.05) is 6.42 Å². The first-order valence-electron chi connectivity index (χ1n) is 10.9. The minimum atomic E-state index is -0.0131. The highest BCUT2D eigenvalue weighted by Gasteiger charge is 2.36. The first kappa shape index (κ1) is 19.4. The molecule has 154 valence electrons. The Morgan fingerprint density at radius 2 is 1.89 bits per heavy atom. The molecule has 2 amide bonds. The van der Waals surface area contributed by atoms with Gasteiger partial charge in [0.15, 0.2) is 0 Å². The number of likely N-dealkylation sites (tertiary alicyclic amines) is 2. The maximum absolute atomic E-state index is 13.2. The maximum Gasteiger partial charge on any atom is 0.274 e. The molecule has 7 nitrogen and oxygen atoms in total. The number of carbonyl (C=O) groups is 2. The molecule has 3 aliphatic rings. The van der Waals surface area contributed by atoms with Gasteiger partial charge in [-0.3, -0.25) is 9.59 Å². The fourth-order valence-corrected chi connectivity index (χ4v) is 4.70. The molecule has 2 saturated heterocycles. The van der Waals surface area contributed by atoms with Crippen LogP contribution in [-0.2, 0) is 11.8 Å². The van der Waals surface area contributed by atoms with Crippen molar-refractivity contribution in [2.24, 2.45) is 13.0 Å². The van der Waals surface area contributed by atoms with Gasteiger partial charge in [0.05, 0.1) is 6.33 Å². The normalized spacial score (nSPS) is 23.6. The molecule has 1 saturated carbocycles. The lowest BCUT2D eigenvalue weighted by atomic mass is 9.83. The van der Waals surface area contributed by atoms with Crippen molar-refractivity contribution in [3.05, 3.63) is 18.2 Å². The fraction of sp³-hybridized carbons (Fsp3) is 0.762. The van der Waals surface area contributed by atoms with Crippen molar-refractivity contribution in [1.82, 2.24) is 24.3 Å². The van der Waals surface area contributed by atoms with E-state index in [4.69, 9.17) is 0 Å². The van der Waals surface area contributed by atoms with Gasteiger partial charge in [-0.25, -0.2) is 4.98 Å². The average molecular weight is 388 g/mol. The third-order valence-corrected chi connectivity index (χ3v) is 6.64. The minimum absolute atomic E-state index is 0.0131. The Labute approximate surface area is 167 Å². The Morgan fingerprint density at radius 1 is 1.11 bits per heavy atom. The number of amides is 2. The molecule has 3 fully saturated rings. The Hall–Kier alpha value is -1.89. The second-order valence-corrected chi connectivity index (χ2v) is 8.68. The van der Waals surface area contributed by atoms with Crippen molar-refractivity contribution >= 4 is 11.8 Å². The van der Waals surface area contributed by atoms with Crippen LogP contribution < -0.4 is 0 Å². The van der Waals surface area contributed by atoms with Gasteiger partial charge >= 0.3 is 0 Å². The second-order valence-electron chi connectivity index (χ2n) is 8.68. The summed E-state index contributed by atoms with van der Waals surface area (Å²) in [6.45, 7) is 5.45. The summed E-state index contributed by atoms with van der Waals surface area (Å²) in [4.78, 5) is 36.7. The molecule has 4 rings (SSSR count). The summed E-state index contributed by atoms with van der Waals surface area (Å²) in [7, 11) is 1.88. The highest BCUT2D eigenvalue weighted by atomic mass is 16.2. The van der Waals surface area contributed by atoms with E-state index in [9.17, 15) is 9.59 Å². The summed E-state index contributed by atoms with van der Waals surface area (Å²) in [6.07, 6.45) is 11.1. The standard InChI is InChI=1S/C21H33N5O2/c1-23-15-19(22-16-23)21(28)25-11-5-8-18(14-25)26(20(27)17-6-4-7-17)13-12-24-9-2-3-10-24/h15-18H,2-14H2,1H3/t18-/m0/s1. The average Bonchev–Trinajstić information content (AvgIpc) is 3.32. The van der Waals surface area contributed by atoms with Crippen molar-refractivity contribution in [2.75, 3.05) is 39.3 Å². The van der Waals surface area contributed by atoms with Crippen molar-refractivity contribution in [3.63, 3.8) is 0 Å². The number of carbonyl (C=O) groups excluding carboxylic acids is 2. The van der Waals surface area contributed by atoms with Crippen molar-refractivity contribution in [1.29, 1.82) is 0 Å². The number of hydrogen-bond donors (Lipinski definition) is 0. The molecule has 0 aromatic carbocycles. The van der Waals surface area contributed by atoms with Crippen molar-refractivity contribution in [3.8, 4) is 0 Å². The van der Waals surface area contributed by atoms with E-state index in [-0.39, 0.29) is 17.9 Å². The molecular weight excluding hydrogens is 354 g/mol. The number of piperidine rings is 1. The topological polar surface area (TPSA) is 61.7 Å². The van der Waals surface area contributed by atoms with Crippen LogP contribution in [-0.4, -0.2) is 81.4 Å². The molecule has 1 atom stereocenters. The summed E-state index contributed by atoms with van der Waals surface area (Å²) in [5.74, 6) is 0.518. The molecule has 0 spiro atoms. The zero-order valence-electron chi connectivity index (χ0n) is 17.1. The lowest BCUT2D eigenvalue weighted by Crippen LogP contribution is -2.55. The number of aromatic nitrogens is 2. The Kier molecular flexibility index (Phi) is 5.99. The summed E-state index contributed by atoms with van der Waals surface area (Å²) in [5, 5.41) is 0. The van der Waals surface area contributed by atoms with Gasteiger partial charge in [-0.2, -0.15) is 0 Å². The van der Waals surface area contributed by atoms with Gasteiger partial charge in [-0.05, 0) is 51.6 Å². The third-order valence-electron chi connectivity index (χ3n) is 6.64. The van der Waals surface area contributed by atoms with E-state index < -0.39 is 0 Å². The predicted molar refractivity (Wildman–Crippen MR) is 107 cm³/mol. The van der Waals surface area contributed by atoms with Crippen LogP contribution in [0.1, 0.15) is 55.4 Å². The molecule has 7 heteroatoms. The van der Waals surface area contributed by atoms with Crippen LogP contribution in [0.5, 0.6) is 0 Å². The minimum Gasteiger partial charge on any atom is -0.340 e. The van der Waals surface area contributed by atoms with E-state index in [1.807, 2.05) is 11.9 Å². The Bertz CT molecular complexity index is 693. The molecule has 2 aliphatic heterocycles. The van der Waals surface area contributed by atoms with E-state index >= 15 is 0 Å². The van der Waals surface area contributed by atoms with Gasteiger partial charge in [0.1, 0.15) is 5.69 Å². The SMILES string of the molecule is Cn1cnc(C(=O)N2CCC[C@H](N(CCN3CCCC3)C(=O)C3CCC3)C2)c1. The van der Waals surface area contributed by atoms with Gasteiger partial charge < -0.3 is 19.3 Å². The lowest BCUT2D eigenvalue weighted by molar-refractivity contribution is -0.141. The van der Waals surface area contributed by atoms with Gasteiger partial charge in [0.25, 0.3) is 5.91 Å². The van der Waals surface area contributed by atoms with E-state index in [1.54, 1.807) is 17.1 Å². The summed E-state index contributed by atoms with van der Waals surface area (Å²) >= 11 is 0. The first-order chi connectivity index (χ1) is 13.6. The van der Waals surface area contributed by atoms with Crippen LogP contribution in [0.4, 0.5) is 0 Å². The molecule has 0 N–H and O–H groups in total. The number of aryl methyl sites for hydroxylation is 1. The zero-order chi connectivity index (χ0) is 19.5. The molecule has 28 heavy (non-hydrogen) atoms. The molecule has 3 heterocycles. The molecule has 1 aliphatic carbocycles. The van der Waals surface area contributed by atoms with E-state index in [2.05, 4.69) is 14.8 Å². The number of rotatable bonds is 6. The first-order valence-corrected chi connectivity index (χ1v) is 10.9. The molecule has 1 aromatic heterocycles. The summed E-state index contributed by atoms with van der Waals surface area (Å²) in [5.41, 5.74) is 0.497. The molecular formula is C21H33N5O2. The fourth-order valence-electron chi connectivity index (χ4n) is 4.70. The maximum atomic E-state index is 13.2. The Morgan fingerprint density at radius 3 is 2.54 bits per heavy atom. The quantitative estimate of drug-likeness (QED) is 0.746. The van der Waals surface area contributed by atoms with Crippen LogP contribution in [0.2, 0.25) is 0 Å². The highest BCUT2D eigenvalue weighted by molar-refractivity contribution is 5.92. The summed E-state index contributed by atoms with van der Waals surface area (Å²) < 4.78 is 1.80. The van der Waals surface area contributed by atoms with Gasteiger partial charge in [0.2, 0.25) is 5.91 Å². The Balaban J connectivity index is 1.43. The molecule has 0 bridgehead atoms. The largest absolute Gasteiger partial charge is 0.340 e. The predicted octanol–water partition coefficient (Wildman–Crippen LogP) is 1.75. The highest BCUT2D eigenvalue weighted by Crippen LogP contribution is 2.30. The lowest BCUT2D eigenvalue weighted by Gasteiger charge is -2.42. The molecule has 0 radical (unpaired) electrons. The molecule has 1 aromatic rings. The van der Waals surface area contributed by atoms with Crippen molar-refractivity contribution < 1.29 is 9.59 Å². The second kappa shape index (κ2) is 8.64. The van der Waals surface area contributed by atoms with Crippen LogP contribution >= 0.6 is 0 Å². The summed E-state index contributed by atoms with van der Waals surface area (Å²) in [6, 6.07) is 0.136. The van der Waals surface area contributed by atoms with E-state index in [1.165, 1.54) is 19.3 Å². The van der Waals surface area contributed by atoms with E-state index in [0.717, 1.165) is 58.4 Å².